The number of nitrogens with zero attached hydrogens (tertiary/aromatic N) is 2. The van der Waals surface area contributed by atoms with Gasteiger partial charge < -0.3 is 5.32 Å². The second kappa shape index (κ2) is 5.25. The molecule has 3 aliphatic heterocycles. The molecule has 0 saturated carbocycles. The van der Waals surface area contributed by atoms with Crippen molar-refractivity contribution < 1.29 is 0 Å². The van der Waals surface area contributed by atoms with Crippen molar-refractivity contribution in [1.29, 1.82) is 0 Å². The molecule has 0 aromatic rings. The maximum atomic E-state index is 3.53. The Balaban J connectivity index is 1.65. The van der Waals surface area contributed by atoms with Crippen molar-refractivity contribution in [2.75, 3.05) is 39.3 Å². The van der Waals surface area contributed by atoms with Gasteiger partial charge in [0.1, 0.15) is 0 Å². The molecule has 0 aromatic heterocycles. The lowest BCUT2D eigenvalue weighted by molar-refractivity contribution is 0.110. The Bertz CT molecular complexity index is 256. The van der Waals surface area contributed by atoms with Crippen LogP contribution in [0.3, 0.4) is 0 Å². The molecule has 3 atom stereocenters. The smallest absolute Gasteiger partial charge is 0.0223 e. The van der Waals surface area contributed by atoms with E-state index in [2.05, 4.69) is 22.0 Å². The van der Waals surface area contributed by atoms with E-state index in [1.165, 1.54) is 65.0 Å². The second-order valence-corrected chi connectivity index (χ2v) is 6.22. The topological polar surface area (TPSA) is 18.5 Å². The summed E-state index contributed by atoms with van der Waals surface area (Å²) in [6.07, 6.45) is 5.61. The van der Waals surface area contributed by atoms with Crippen LogP contribution in [-0.2, 0) is 0 Å². The summed E-state index contributed by atoms with van der Waals surface area (Å²) in [6.45, 7) is 10.3. The molecule has 0 amide bonds. The summed E-state index contributed by atoms with van der Waals surface area (Å²) in [6, 6.07) is 1.72. The van der Waals surface area contributed by atoms with Crippen LogP contribution >= 0.6 is 0 Å². The van der Waals surface area contributed by atoms with E-state index in [9.17, 15) is 0 Å². The van der Waals surface area contributed by atoms with Crippen LogP contribution in [0.4, 0.5) is 0 Å². The van der Waals surface area contributed by atoms with Crippen LogP contribution in [0.2, 0.25) is 0 Å². The summed E-state index contributed by atoms with van der Waals surface area (Å²) in [5.74, 6) is 0.830. The molecule has 3 nitrogen and oxygen atoms in total. The first-order valence-electron chi connectivity index (χ1n) is 7.53. The van der Waals surface area contributed by atoms with Gasteiger partial charge in [-0.05, 0) is 64.3 Å². The van der Waals surface area contributed by atoms with Crippen LogP contribution in [0.5, 0.6) is 0 Å². The SMILES string of the molecule is CC1CNCCC1N1CCCN2CCCC2C1. The number of hydrogen-bond donors (Lipinski definition) is 1. The average molecular weight is 237 g/mol. The molecule has 0 aromatic carbocycles. The predicted molar refractivity (Wildman–Crippen MR) is 71.2 cm³/mol. The van der Waals surface area contributed by atoms with Crippen molar-refractivity contribution in [2.24, 2.45) is 5.92 Å². The third-order valence-electron chi connectivity index (χ3n) is 5.04. The van der Waals surface area contributed by atoms with E-state index < -0.39 is 0 Å². The maximum absolute atomic E-state index is 3.53. The first-order valence-corrected chi connectivity index (χ1v) is 7.53. The minimum absolute atomic E-state index is 0.830. The van der Waals surface area contributed by atoms with Gasteiger partial charge in [0, 0.05) is 18.6 Å². The Morgan fingerprint density at radius 2 is 1.82 bits per heavy atom. The van der Waals surface area contributed by atoms with Crippen LogP contribution in [0.1, 0.15) is 32.6 Å². The molecular formula is C14H27N3. The summed E-state index contributed by atoms with van der Waals surface area (Å²) in [5.41, 5.74) is 0. The van der Waals surface area contributed by atoms with E-state index in [0.717, 1.165) is 18.0 Å². The molecule has 3 heterocycles. The first kappa shape index (κ1) is 11.9. The third kappa shape index (κ3) is 2.51. The van der Waals surface area contributed by atoms with Gasteiger partial charge in [-0.25, -0.2) is 0 Å². The predicted octanol–water partition coefficient (Wildman–Crippen LogP) is 1.15. The van der Waals surface area contributed by atoms with Crippen LogP contribution in [0.25, 0.3) is 0 Å². The average Bonchev–Trinajstić information content (AvgIpc) is 2.68. The highest BCUT2D eigenvalue weighted by Crippen LogP contribution is 2.25. The van der Waals surface area contributed by atoms with E-state index in [4.69, 9.17) is 0 Å². The van der Waals surface area contributed by atoms with Crippen molar-refractivity contribution >= 4 is 0 Å². The lowest BCUT2D eigenvalue weighted by Gasteiger charge is -2.39. The van der Waals surface area contributed by atoms with Crippen molar-refractivity contribution in [3.05, 3.63) is 0 Å². The van der Waals surface area contributed by atoms with E-state index in [1.54, 1.807) is 0 Å². The van der Waals surface area contributed by atoms with Gasteiger partial charge in [-0.3, -0.25) is 9.80 Å². The zero-order valence-electron chi connectivity index (χ0n) is 11.2. The number of piperidine rings is 1. The molecule has 0 bridgehead atoms. The van der Waals surface area contributed by atoms with Gasteiger partial charge >= 0.3 is 0 Å². The monoisotopic (exact) mass is 237 g/mol. The van der Waals surface area contributed by atoms with E-state index in [1.807, 2.05) is 0 Å². The van der Waals surface area contributed by atoms with Crippen molar-refractivity contribution in [1.82, 2.24) is 15.1 Å². The van der Waals surface area contributed by atoms with Crippen molar-refractivity contribution in [2.45, 2.75) is 44.7 Å². The quantitative estimate of drug-likeness (QED) is 0.738. The van der Waals surface area contributed by atoms with Gasteiger partial charge in [-0.15, -0.1) is 0 Å². The largest absolute Gasteiger partial charge is 0.316 e. The fourth-order valence-electron chi connectivity index (χ4n) is 4.08. The summed E-state index contributed by atoms with van der Waals surface area (Å²) >= 11 is 0. The molecule has 0 aliphatic carbocycles. The van der Waals surface area contributed by atoms with Gasteiger partial charge in [0.25, 0.3) is 0 Å². The number of nitrogens with one attached hydrogen (secondary N) is 1. The maximum Gasteiger partial charge on any atom is 0.0223 e. The highest BCUT2D eigenvalue weighted by molar-refractivity contribution is 4.90. The molecule has 3 rings (SSSR count). The van der Waals surface area contributed by atoms with Crippen molar-refractivity contribution in [3.8, 4) is 0 Å². The highest BCUT2D eigenvalue weighted by atomic mass is 15.3. The van der Waals surface area contributed by atoms with E-state index in [-0.39, 0.29) is 0 Å². The van der Waals surface area contributed by atoms with Crippen LogP contribution < -0.4 is 5.32 Å². The Kier molecular flexibility index (Phi) is 3.69. The fourth-order valence-corrected chi connectivity index (χ4v) is 4.08. The van der Waals surface area contributed by atoms with Gasteiger partial charge in [0.2, 0.25) is 0 Å². The highest BCUT2D eigenvalue weighted by Gasteiger charge is 2.33. The number of fused-ring (bicyclic) bond motifs is 1. The number of rotatable bonds is 1. The Morgan fingerprint density at radius 1 is 1.00 bits per heavy atom. The summed E-state index contributed by atoms with van der Waals surface area (Å²) in [5, 5.41) is 3.53. The van der Waals surface area contributed by atoms with Gasteiger partial charge in [0.05, 0.1) is 0 Å². The molecule has 0 spiro atoms. The Labute approximate surface area is 106 Å². The molecule has 17 heavy (non-hydrogen) atoms. The molecule has 3 aliphatic rings. The molecule has 1 N–H and O–H groups in total. The normalized spacial score (nSPS) is 41.1. The Morgan fingerprint density at radius 3 is 2.71 bits per heavy atom. The van der Waals surface area contributed by atoms with E-state index in [0.29, 0.717) is 0 Å². The Hall–Kier alpha value is -0.120. The summed E-state index contributed by atoms with van der Waals surface area (Å²) in [7, 11) is 0. The van der Waals surface area contributed by atoms with Crippen LogP contribution in [-0.4, -0.2) is 61.2 Å². The van der Waals surface area contributed by atoms with Gasteiger partial charge in [-0.1, -0.05) is 6.92 Å². The van der Waals surface area contributed by atoms with Gasteiger partial charge in [-0.2, -0.15) is 0 Å². The van der Waals surface area contributed by atoms with Gasteiger partial charge in [0.15, 0.2) is 0 Å². The molecular weight excluding hydrogens is 210 g/mol. The van der Waals surface area contributed by atoms with Crippen molar-refractivity contribution in [3.63, 3.8) is 0 Å². The first-order chi connectivity index (χ1) is 8.34. The zero-order valence-corrected chi connectivity index (χ0v) is 11.2. The lowest BCUT2D eigenvalue weighted by Crippen LogP contribution is -2.50. The molecule has 3 heteroatoms. The van der Waals surface area contributed by atoms with Crippen LogP contribution in [0, 0.1) is 5.92 Å². The summed E-state index contributed by atoms with van der Waals surface area (Å²) < 4.78 is 0. The van der Waals surface area contributed by atoms with E-state index >= 15 is 0 Å². The molecule has 3 fully saturated rings. The minimum atomic E-state index is 0.830. The molecule has 3 saturated heterocycles. The zero-order chi connectivity index (χ0) is 11.7. The fraction of sp³-hybridized carbons (Fsp3) is 1.00. The van der Waals surface area contributed by atoms with Crippen LogP contribution in [0.15, 0.2) is 0 Å². The second-order valence-electron chi connectivity index (χ2n) is 6.22. The molecule has 0 radical (unpaired) electrons. The number of hydrogen-bond acceptors (Lipinski definition) is 3. The third-order valence-corrected chi connectivity index (χ3v) is 5.04. The minimum Gasteiger partial charge on any atom is -0.316 e. The lowest BCUT2D eigenvalue weighted by atomic mass is 9.93. The summed E-state index contributed by atoms with van der Waals surface area (Å²) in [4.78, 5) is 5.56. The standard InChI is InChI=1S/C14H27N3/c1-12-10-15-6-5-14(12)17-9-3-8-16-7-2-4-13(16)11-17/h12-15H,2-11H2,1H3. The molecule has 98 valence electrons. The molecule has 3 unspecified atom stereocenters.